The summed E-state index contributed by atoms with van der Waals surface area (Å²) in [7, 11) is 0. The molecule has 0 atom stereocenters. The van der Waals surface area contributed by atoms with Crippen LogP contribution < -0.4 is 5.32 Å². The number of aryl methyl sites for hydroxylation is 2. The van der Waals surface area contributed by atoms with Gasteiger partial charge in [0.25, 0.3) is 5.91 Å². The van der Waals surface area contributed by atoms with E-state index in [1.807, 2.05) is 25.1 Å². The molecule has 0 aliphatic carbocycles. The molecule has 1 aromatic heterocycles. The van der Waals surface area contributed by atoms with Gasteiger partial charge in [0, 0.05) is 16.9 Å². The van der Waals surface area contributed by atoms with Crippen molar-refractivity contribution in [1.29, 1.82) is 0 Å². The molecule has 5 heteroatoms. The molecule has 0 unspecified atom stereocenters. The molecule has 106 valence electrons. The summed E-state index contributed by atoms with van der Waals surface area (Å²) in [4.78, 5) is 25.9. The zero-order valence-electron chi connectivity index (χ0n) is 11.7. The van der Waals surface area contributed by atoms with Crippen LogP contribution in [0.1, 0.15) is 32.9 Å². The fourth-order valence-electron chi connectivity index (χ4n) is 2.49. The number of aromatic carboxylic acids is 1. The molecule has 1 aliphatic rings. The average molecular weight is 282 g/mol. The van der Waals surface area contributed by atoms with Gasteiger partial charge < -0.3 is 15.4 Å². The van der Waals surface area contributed by atoms with Gasteiger partial charge >= 0.3 is 5.97 Å². The number of fused-ring (bicyclic) bond motifs is 1. The summed E-state index contributed by atoms with van der Waals surface area (Å²) >= 11 is 0. The van der Waals surface area contributed by atoms with Gasteiger partial charge in [0.1, 0.15) is 5.69 Å². The monoisotopic (exact) mass is 282 g/mol. The molecule has 0 spiro atoms. The second-order valence-electron chi connectivity index (χ2n) is 5.15. The van der Waals surface area contributed by atoms with Crippen molar-refractivity contribution in [1.82, 2.24) is 4.98 Å². The second kappa shape index (κ2) is 4.63. The first kappa shape index (κ1) is 13.2. The molecule has 0 radical (unpaired) electrons. The van der Waals surface area contributed by atoms with Gasteiger partial charge in [-0.25, -0.2) is 4.79 Å². The van der Waals surface area contributed by atoms with Gasteiger partial charge in [0.15, 0.2) is 0 Å². The van der Waals surface area contributed by atoms with Crippen molar-refractivity contribution >= 4 is 29.2 Å². The summed E-state index contributed by atoms with van der Waals surface area (Å²) in [6.07, 6.45) is 1.68. The van der Waals surface area contributed by atoms with Crippen LogP contribution in [0.15, 0.2) is 24.3 Å². The minimum Gasteiger partial charge on any atom is -0.477 e. The second-order valence-corrected chi connectivity index (χ2v) is 5.15. The van der Waals surface area contributed by atoms with Gasteiger partial charge in [0.05, 0.1) is 5.57 Å². The van der Waals surface area contributed by atoms with Crippen LogP contribution in [-0.2, 0) is 4.79 Å². The highest BCUT2D eigenvalue weighted by molar-refractivity contribution is 6.34. The predicted octanol–water partition coefficient (Wildman–Crippen LogP) is 2.82. The van der Waals surface area contributed by atoms with Crippen LogP contribution in [0.25, 0.3) is 11.6 Å². The van der Waals surface area contributed by atoms with Crippen molar-refractivity contribution < 1.29 is 14.7 Å². The van der Waals surface area contributed by atoms with Crippen molar-refractivity contribution in [3.63, 3.8) is 0 Å². The molecular weight excluding hydrogens is 268 g/mol. The molecular formula is C16H14N2O3. The number of H-pyrrole nitrogens is 1. The maximum absolute atomic E-state index is 12.1. The van der Waals surface area contributed by atoms with E-state index in [-0.39, 0.29) is 11.6 Å². The lowest BCUT2D eigenvalue weighted by molar-refractivity contribution is -0.110. The number of hydrogen-bond donors (Lipinski definition) is 3. The fraction of sp³-hybridized carbons (Fsp3) is 0.125. The first-order chi connectivity index (χ1) is 9.95. The van der Waals surface area contributed by atoms with Gasteiger partial charge in [-0.3, -0.25) is 4.79 Å². The highest BCUT2D eigenvalue weighted by Gasteiger charge is 2.24. The summed E-state index contributed by atoms with van der Waals surface area (Å²) in [5.74, 6) is -1.19. The molecule has 0 saturated carbocycles. The van der Waals surface area contributed by atoms with E-state index in [1.165, 1.54) is 0 Å². The van der Waals surface area contributed by atoms with Crippen LogP contribution in [0, 0.1) is 13.8 Å². The molecule has 3 rings (SSSR count). The standard InChI is InChI=1S/C16H14N2O3/c1-8-3-4-13-11(5-8)12(15(19)18-13)7-10-6-9(2)14(17-10)16(20)21/h3-7,17H,1-2H3,(H,18,19)(H,20,21). The van der Waals surface area contributed by atoms with E-state index in [2.05, 4.69) is 10.3 Å². The van der Waals surface area contributed by atoms with Crippen LogP contribution >= 0.6 is 0 Å². The number of rotatable bonds is 2. The Hall–Kier alpha value is -2.82. The van der Waals surface area contributed by atoms with Crippen molar-refractivity contribution in [2.45, 2.75) is 13.8 Å². The van der Waals surface area contributed by atoms with E-state index in [4.69, 9.17) is 5.11 Å². The molecule has 1 amide bonds. The molecule has 3 N–H and O–H groups in total. The Kier molecular flexibility index (Phi) is 2.90. The molecule has 1 aliphatic heterocycles. The lowest BCUT2D eigenvalue weighted by Gasteiger charge is -1.99. The van der Waals surface area contributed by atoms with E-state index < -0.39 is 5.97 Å². The average Bonchev–Trinajstić information content (AvgIpc) is 2.92. The number of carbonyl (C=O) groups excluding carboxylic acids is 1. The lowest BCUT2D eigenvalue weighted by Crippen LogP contribution is -2.03. The zero-order valence-corrected chi connectivity index (χ0v) is 11.7. The quantitative estimate of drug-likeness (QED) is 0.741. The van der Waals surface area contributed by atoms with Gasteiger partial charge in [-0.1, -0.05) is 11.6 Å². The SMILES string of the molecule is Cc1ccc2c(c1)C(=Cc1cc(C)c(C(=O)O)[nH]1)C(=O)N2. The number of aromatic nitrogens is 1. The van der Waals surface area contributed by atoms with Crippen LogP contribution in [0.2, 0.25) is 0 Å². The highest BCUT2D eigenvalue weighted by atomic mass is 16.4. The van der Waals surface area contributed by atoms with Gasteiger partial charge in [0.2, 0.25) is 0 Å². The third kappa shape index (κ3) is 2.23. The number of carboxylic acid groups (broad SMARTS) is 1. The molecule has 1 aromatic carbocycles. The van der Waals surface area contributed by atoms with Crippen molar-refractivity contribution in [2.75, 3.05) is 5.32 Å². The number of anilines is 1. The third-order valence-corrected chi connectivity index (χ3v) is 3.51. The number of hydrogen-bond acceptors (Lipinski definition) is 2. The van der Waals surface area contributed by atoms with Crippen LogP contribution in [-0.4, -0.2) is 22.0 Å². The van der Waals surface area contributed by atoms with Gasteiger partial charge in [-0.2, -0.15) is 0 Å². The molecule has 0 saturated heterocycles. The Morgan fingerprint density at radius 1 is 1.24 bits per heavy atom. The highest BCUT2D eigenvalue weighted by Crippen LogP contribution is 2.33. The fourth-order valence-corrected chi connectivity index (χ4v) is 2.49. The number of aromatic amines is 1. The Bertz CT molecular complexity index is 800. The molecule has 5 nitrogen and oxygen atoms in total. The van der Waals surface area contributed by atoms with Crippen LogP contribution in [0.4, 0.5) is 5.69 Å². The smallest absolute Gasteiger partial charge is 0.352 e. The van der Waals surface area contributed by atoms with Crippen LogP contribution in [0.3, 0.4) is 0 Å². The Balaban J connectivity index is 2.08. The zero-order chi connectivity index (χ0) is 15.1. The predicted molar refractivity (Wildman–Crippen MR) is 80.2 cm³/mol. The molecule has 21 heavy (non-hydrogen) atoms. The van der Waals surface area contributed by atoms with Crippen LogP contribution in [0.5, 0.6) is 0 Å². The summed E-state index contributed by atoms with van der Waals surface area (Å²) < 4.78 is 0. The number of amides is 1. The number of nitrogens with one attached hydrogen (secondary N) is 2. The number of carboxylic acids is 1. The Labute approximate surface area is 121 Å². The maximum atomic E-state index is 12.1. The van der Waals surface area contributed by atoms with Crippen molar-refractivity contribution in [2.24, 2.45) is 0 Å². The number of carbonyl (C=O) groups is 2. The summed E-state index contributed by atoms with van der Waals surface area (Å²) in [6.45, 7) is 3.68. The van der Waals surface area contributed by atoms with Gasteiger partial charge in [-0.05, 0) is 43.7 Å². The number of benzene rings is 1. The minimum absolute atomic E-state index is 0.143. The Morgan fingerprint density at radius 3 is 2.67 bits per heavy atom. The summed E-state index contributed by atoms with van der Waals surface area (Å²) in [6, 6.07) is 7.46. The third-order valence-electron chi connectivity index (χ3n) is 3.51. The van der Waals surface area contributed by atoms with Crippen molar-refractivity contribution in [3.05, 3.63) is 52.3 Å². The largest absolute Gasteiger partial charge is 0.477 e. The maximum Gasteiger partial charge on any atom is 0.352 e. The molecule has 0 fully saturated rings. The molecule has 2 heterocycles. The van der Waals surface area contributed by atoms with E-state index in [1.54, 1.807) is 19.1 Å². The topological polar surface area (TPSA) is 82.2 Å². The van der Waals surface area contributed by atoms with E-state index >= 15 is 0 Å². The van der Waals surface area contributed by atoms with Gasteiger partial charge in [-0.15, -0.1) is 0 Å². The van der Waals surface area contributed by atoms with E-state index in [0.29, 0.717) is 16.8 Å². The lowest BCUT2D eigenvalue weighted by atomic mass is 10.0. The van der Waals surface area contributed by atoms with E-state index in [9.17, 15) is 9.59 Å². The van der Waals surface area contributed by atoms with Crippen molar-refractivity contribution in [3.8, 4) is 0 Å². The van der Waals surface area contributed by atoms with E-state index in [0.717, 1.165) is 16.8 Å². The summed E-state index contributed by atoms with van der Waals surface area (Å²) in [5.41, 5.74) is 4.59. The first-order valence-electron chi connectivity index (χ1n) is 6.52. The summed E-state index contributed by atoms with van der Waals surface area (Å²) in [5, 5.41) is 11.9. The molecule has 0 bridgehead atoms. The Morgan fingerprint density at radius 2 is 2.00 bits per heavy atom. The normalized spacial score (nSPS) is 15.1. The minimum atomic E-state index is -1.01. The molecule has 2 aromatic rings. The first-order valence-corrected chi connectivity index (χ1v) is 6.52.